The molecular weight excluding hydrogens is 609 g/mol. The van der Waals surface area contributed by atoms with E-state index in [9.17, 15) is 18.0 Å². The summed E-state index contributed by atoms with van der Waals surface area (Å²) in [6, 6.07) is 6.93. The number of nitrogens with zero attached hydrogens (tertiary/aromatic N) is 2. The highest BCUT2D eigenvalue weighted by atomic mass is 127. The Morgan fingerprint density at radius 1 is 1.25 bits per heavy atom. The predicted molar refractivity (Wildman–Crippen MR) is 141 cm³/mol. The van der Waals surface area contributed by atoms with Crippen LogP contribution in [0.4, 0.5) is 22.4 Å². The number of aryl methyl sites for hydroxylation is 2. The Kier molecular flexibility index (Phi) is 8.66. The molecule has 2 atom stereocenters. The number of amides is 1. The molecule has 36 heavy (non-hydrogen) atoms. The standard InChI is InChI=1S/C25H32F4IN3O2S/c1-16(2)32-21(34)35-24(26,25(27,28)29)23(11-10-19-8-9-20(30)36-19)12-13-33(15-23)22(4,5)18-7-6-17(3)31-14-18/h6-9,14,16H,10-13,15H2,1-5H3,(H,32,34). The highest BCUT2D eigenvalue weighted by Gasteiger charge is 2.73. The summed E-state index contributed by atoms with van der Waals surface area (Å²) in [4.78, 5) is 19.4. The first kappa shape index (κ1) is 29.1. The van der Waals surface area contributed by atoms with Gasteiger partial charge in [0, 0.05) is 34.9 Å². The highest BCUT2D eigenvalue weighted by molar-refractivity contribution is 14.1. The van der Waals surface area contributed by atoms with Gasteiger partial charge in [-0.3, -0.25) is 9.88 Å². The third kappa shape index (κ3) is 5.98. The average Bonchev–Trinajstić information content (AvgIpc) is 3.38. The quantitative estimate of drug-likeness (QED) is 0.250. The van der Waals surface area contributed by atoms with Crippen molar-refractivity contribution in [2.45, 2.75) is 77.5 Å². The molecule has 200 valence electrons. The Labute approximate surface area is 227 Å². The predicted octanol–water partition coefficient (Wildman–Crippen LogP) is 6.98. The van der Waals surface area contributed by atoms with Gasteiger partial charge in [0.2, 0.25) is 0 Å². The fourth-order valence-electron chi connectivity index (χ4n) is 4.70. The number of hydrogen-bond donors (Lipinski definition) is 1. The molecule has 3 rings (SSSR count). The number of likely N-dealkylation sites (tertiary alicyclic amines) is 1. The summed E-state index contributed by atoms with van der Waals surface area (Å²) in [5.41, 5.74) is -1.08. The number of alkyl carbamates (subject to hydrolysis) is 1. The van der Waals surface area contributed by atoms with Crippen molar-refractivity contribution in [1.29, 1.82) is 0 Å². The number of alkyl halides is 4. The lowest BCUT2D eigenvalue weighted by Crippen LogP contribution is -2.60. The van der Waals surface area contributed by atoms with Gasteiger partial charge >= 0.3 is 18.1 Å². The van der Waals surface area contributed by atoms with Crippen molar-refractivity contribution in [3.63, 3.8) is 0 Å². The second-order valence-corrected chi connectivity index (χ2v) is 13.2. The van der Waals surface area contributed by atoms with Crippen molar-refractivity contribution in [3.8, 4) is 0 Å². The third-order valence-electron chi connectivity index (χ3n) is 6.93. The van der Waals surface area contributed by atoms with Crippen LogP contribution in [0.2, 0.25) is 0 Å². The number of ether oxygens (including phenoxy) is 1. The van der Waals surface area contributed by atoms with Gasteiger partial charge in [-0.05, 0) is 107 Å². The maximum absolute atomic E-state index is 16.4. The Balaban J connectivity index is 2.01. The van der Waals surface area contributed by atoms with Crippen molar-refractivity contribution in [2.24, 2.45) is 5.41 Å². The smallest absolute Gasteiger partial charge is 0.402 e. The van der Waals surface area contributed by atoms with E-state index in [0.29, 0.717) is 0 Å². The van der Waals surface area contributed by atoms with Gasteiger partial charge in [0.1, 0.15) is 0 Å². The minimum absolute atomic E-state index is 0.122. The fraction of sp³-hybridized carbons (Fsp3) is 0.600. The van der Waals surface area contributed by atoms with Crippen molar-refractivity contribution < 1.29 is 27.1 Å². The van der Waals surface area contributed by atoms with Crippen molar-refractivity contribution >= 4 is 40.0 Å². The molecule has 1 amide bonds. The molecule has 1 fully saturated rings. The SMILES string of the molecule is Cc1ccc(C(C)(C)N2CCC(CCc3ccc(I)s3)(C(F)(OC(=O)NC(C)C)C(F)(F)F)C2)cn1. The van der Waals surface area contributed by atoms with Crippen molar-refractivity contribution in [3.05, 3.63) is 49.5 Å². The number of halogens is 5. The van der Waals surface area contributed by atoms with Crippen molar-refractivity contribution in [1.82, 2.24) is 15.2 Å². The molecule has 1 saturated heterocycles. The number of hydrogen-bond acceptors (Lipinski definition) is 5. The van der Waals surface area contributed by atoms with Crippen LogP contribution in [-0.4, -0.2) is 47.1 Å². The number of carbonyl (C=O) groups excluding carboxylic acids is 1. The zero-order chi connectivity index (χ0) is 26.9. The lowest BCUT2D eigenvalue weighted by Gasteiger charge is -2.44. The summed E-state index contributed by atoms with van der Waals surface area (Å²) >= 11 is 3.60. The maximum Gasteiger partial charge on any atom is 0.461 e. The Morgan fingerprint density at radius 2 is 1.94 bits per heavy atom. The third-order valence-corrected chi connectivity index (χ3v) is 8.88. The zero-order valence-electron chi connectivity index (χ0n) is 21.0. The Hall–Kier alpha value is -1.47. The maximum atomic E-state index is 16.4. The van der Waals surface area contributed by atoms with E-state index in [2.05, 4.69) is 32.9 Å². The topological polar surface area (TPSA) is 54.5 Å². The van der Waals surface area contributed by atoms with Crippen LogP contribution in [0.1, 0.15) is 56.7 Å². The summed E-state index contributed by atoms with van der Waals surface area (Å²) < 4.78 is 65.7. The normalized spacial score (nSPS) is 21.0. The van der Waals surface area contributed by atoms with Gasteiger partial charge in [0.05, 0.1) is 8.30 Å². The second kappa shape index (κ2) is 10.7. The molecule has 0 aliphatic carbocycles. The van der Waals surface area contributed by atoms with Gasteiger partial charge in [0.15, 0.2) is 0 Å². The minimum Gasteiger partial charge on any atom is -0.402 e. The zero-order valence-corrected chi connectivity index (χ0v) is 24.0. The summed E-state index contributed by atoms with van der Waals surface area (Å²) in [6.07, 6.45) is -5.16. The highest BCUT2D eigenvalue weighted by Crippen LogP contribution is 2.56. The molecule has 3 heterocycles. The molecule has 5 nitrogen and oxygen atoms in total. The molecule has 2 unspecified atom stereocenters. The number of rotatable bonds is 8. The molecule has 0 radical (unpaired) electrons. The van der Waals surface area contributed by atoms with Crippen LogP contribution in [0.5, 0.6) is 0 Å². The summed E-state index contributed by atoms with van der Waals surface area (Å²) in [6.45, 7) is 8.73. The van der Waals surface area contributed by atoms with E-state index in [1.54, 1.807) is 20.0 Å². The number of thiophene rings is 1. The first-order chi connectivity index (χ1) is 16.6. The van der Waals surface area contributed by atoms with Crippen molar-refractivity contribution in [2.75, 3.05) is 13.1 Å². The van der Waals surface area contributed by atoms with E-state index in [4.69, 9.17) is 4.74 Å². The van der Waals surface area contributed by atoms with E-state index >= 15 is 4.39 Å². The Bertz CT molecular complexity index is 1060. The van der Waals surface area contributed by atoms with E-state index in [1.165, 1.54) is 11.3 Å². The molecule has 11 heteroatoms. The van der Waals surface area contributed by atoms with Crippen LogP contribution in [-0.2, 0) is 16.7 Å². The first-order valence-electron chi connectivity index (χ1n) is 11.8. The summed E-state index contributed by atoms with van der Waals surface area (Å²) in [5, 5.41) is 2.24. The van der Waals surface area contributed by atoms with Crippen LogP contribution in [0.15, 0.2) is 30.5 Å². The Morgan fingerprint density at radius 3 is 2.47 bits per heavy atom. The molecule has 0 bridgehead atoms. The van der Waals surface area contributed by atoms with Gasteiger partial charge in [-0.15, -0.1) is 11.3 Å². The van der Waals surface area contributed by atoms with Gasteiger partial charge in [-0.1, -0.05) is 6.07 Å². The first-order valence-corrected chi connectivity index (χ1v) is 13.7. The largest absolute Gasteiger partial charge is 0.461 e. The van der Waals surface area contributed by atoms with Gasteiger partial charge in [0.25, 0.3) is 0 Å². The second-order valence-electron chi connectivity index (χ2n) is 10.2. The molecule has 0 saturated carbocycles. The number of pyridine rings is 1. The minimum atomic E-state index is -5.42. The summed E-state index contributed by atoms with van der Waals surface area (Å²) in [5.74, 6) is -4.17. The molecule has 1 N–H and O–H groups in total. The van der Waals surface area contributed by atoms with Gasteiger partial charge in [-0.2, -0.15) is 17.6 Å². The number of nitrogens with one attached hydrogen (secondary N) is 1. The average molecular weight is 642 g/mol. The summed E-state index contributed by atoms with van der Waals surface area (Å²) in [7, 11) is 0. The molecule has 1 aliphatic rings. The van der Waals surface area contributed by atoms with Crippen LogP contribution in [0.25, 0.3) is 0 Å². The van der Waals surface area contributed by atoms with E-state index in [1.807, 2.05) is 49.9 Å². The molecule has 2 aromatic heterocycles. The molecule has 1 aliphatic heterocycles. The monoisotopic (exact) mass is 641 g/mol. The van der Waals surface area contributed by atoms with E-state index in [0.717, 1.165) is 19.0 Å². The van der Waals surface area contributed by atoms with Crippen LogP contribution in [0, 0.1) is 15.2 Å². The lowest BCUT2D eigenvalue weighted by molar-refractivity contribution is -0.355. The van der Waals surface area contributed by atoms with E-state index < -0.39 is 35.1 Å². The molecule has 0 spiro atoms. The number of aromatic nitrogens is 1. The van der Waals surface area contributed by atoms with E-state index in [-0.39, 0.29) is 32.4 Å². The molecular formula is C25H32F4IN3O2S. The van der Waals surface area contributed by atoms with Gasteiger partial charge in [-0.25, -0.2) is 4.79 Å². The number of carbonyl (C=O) groups is 1. The van der Waals surface area contributed by atoms with Crippen LogP contribution >= 0.6 is 33.9 Å². The molecule has 2 aromatic rings. The molecule has 0 aromatic carbocycles. The lowest BCUT2D eigenvalue weighted by atomic mass is 9.74. The fourth-order valence-corrected chi connectivity index (χ4v) is 6.45. The van der Waals surface area contributed by atoms with Crippen LogP contribution < -0.4 is 5.32 Å². The van der Waals surface area contributed by atoms with Crippen LogP contribution in [0.3, 0.4) is 0 Å². The van der Waals surface area contributed by atoms with Gasteiger partial charge < -0.3 is 10.1 Å².